The van der Waals surface area contributed by atoms with E-state index in [9.17, 15) is 28.8 Å². The number of esters is 1. The van der Waals surface area contributed by atoms with Gasteiger partial charge in [-0.2, -0.15) is 0 Å². The summed E-state index contributed by atoms with van der Waals surface area (Å²) in [6.07, 6.45) is 0.971. The molecule has 1 unspecified atom stereocenters. The fourth-order valence-corrected chi connectivity index (χ4v) is 3.00. The zero-order chi connectivity index (χ0) is 23.6. The maximum Gasteiger partial charge on any atom is 0.323 e. The predicted octanol–water partition coefficient (Wildman–Crippen LogP) is -0.282. The molecule has 1 saturated heterocycles. The van der Waals surface area contributed by atoms with Crippen LogP contribution in [0.3, 0.4) is 0 Å². The van der Waals surface area contributed by atoms with Crippen molar-refractivity contribution in [3.63, 3.8) is 0 Å². The highest BCUT2D eigenvalue weighted by Gasteiger charge is 2.38. The van der Waals surface area contributed by atoms with Crippen LogP contribution in [-0.4, -0.2) is 92.6 Å². The number of ether oxygens (including phenoxy) is 1. The Balaban J connectivity index is 2.65. The third-order valence-electron chi connectivity index (χ3n) is 4.50. The Labute approximate surface area is 178 Å². The van der Waals surface area contributed by atoms with E-state index in [2.05, 4.69) is 0 Å². The summed E-state index contributed by atoms with van der Waals surface area (Å²) < 4.78 is 5.02. The highest BCUT2D eigenvalue weighted by Crippen LogP contribution is 2.16. The molecule has 0 radical (unpaired) electrons. The van der Waals surface area contributed by atoms with Crippen LogP contribution in [0.5, 0.6) is 0 Å². The summed E-state index contributed by atoms with van der Waals surface area (Å²) in [6, 6.07) is -1.31. The van der Waals surface area contributed by atoms with Gasteiger partial charge in [0.15, 0.2) is 0 Å². The van der Waals surface area contributed by atoms with Gasteiger partial charge in [-0.05, 0) is 6.42 Å². The molecular weight excluding hydrogens is 416 g/mol. The summed E-state index contributed by atoms with van der Waals surface area (Å²) in [7, 11) is 0. The van der Waals surface area contributed by atoms with Crippen molar-refractivity contribution in [1.29, 1.82) is 0 Å². The van der Waals surface area contributed by atoms with Crippen molar-refractivity contribution in [2.75, 3.05) is 19.6 Å². The van der Waals surface area contributed by atoms with Gasteiger partial charge >= 0.3 is 23.9 Å². The van der Waals surface area contributed by atoms with Gasteiger partial charge in [0.05, 0.1) is 19.3 Å². The first-order valence-corrected chi connectivity index (χ1v) is 9.63. The molecule has 2 amide bonds. The number of hydrogen-bond donors (Lipinski definition) is 3. The summed E-state index contributed by atoms with van der Waals surface area (Å²) in [5.41, 5.74) is 0. The minimum atomic E-state index is -1.31. The lowest BCUT2D eigenvalue weighted by Gasteiger charge is -2.39. The molecule has 2 atom stereocenters. The van der Waals surface area contributed by atoms with Gasteiger partial charge in [0.1, 0.15) is 18.7 Å². The number of carboxylic acid groups (broad SMARTS) is 3. The molecule has 0 saturated carbocycles. The Morgan fingerprint density at radius 2 is 1.68 bits per heavy atom. The van der Waals surface area contributed by atoms with E-state index >= 15 is 0 Å². The molecule has 0 aromatic carbocycles. The van der Waals surface area contributed by atoms with Crippen LogP contribution in [0.1, 0.15) is 39.0 Å². The standard InChI is InChI=1S/C19H26N2O10/c1-2-12(9-15(23)24)31-18(29)6-4-3-5-14(22)21-8-7-20(11-17(27)28)19(30)13(21)10-16(25)26/h3-4,12-13H,2,5-11H2,1H3,(H,23,24)(H,25,26)(H,27,28)/b4-3+/t12?,13-/m1/s1. The second-order valence-corrected chi connectivity index (χ2v) is 6.85. The van der Waals surface area contributed by atoms with Crippen molar-refractivity contribution in [2.45, 2.75) is 51.2 Å². The fraction of sp³-hybridized carbons (Fsp3) is 0.579. The van der Waals surface area contributed by atoms with E-state index in [0.29, 0.717) is 6.42 Å². The number of carbonyl (C=O) groups is 6. The predicted molar refractivity (Wildman–Crippen MR) is 103 cm³/mol. The van der Waals surface area contributed by atoms with Crippen molar-refractivity contribution in [2.24, 2.45) is 0 Å². The summed E-state index contributed by atoms with van der Waals surface area (Å²) >= 11 is 0. The average molecular weight is 442 g/mol. The molecule has 1 rings (SSSR count). The smallest absolute Gasteiger partial charge is 0.323 e. The Morgan fingerprint density at radius 1 is 1.03 bits per heavy atom. The highest BCUT2D eigenvalue weighted by atomic mass is 16.5. The second-order valence-electron chi connectivity index (χ2n) is 6.85. The number of aliphatic carboxylic acids is 3. The van der Waals surface area contributed by atoms with E-state index in [1.165, 1.54) is 12.2 Å². The van der Waals surface area contributed by atoms with Crippen molar-refractivity contribution in [3.05, 3.63) is 12.2 Å². The molecular formula is C19H26N2O10. The number of piperazine rings is 1. The highest BCUT2D eigenvalue weighted by molar-refractivity contribution is 5.93. The third-order valence-corrected chi connectivity index (χ3v) is 4.50. The number of nitrogens with zero attached hydrogens (tertiary/aromatic N) is 2. The van der Waals surface area contributed by atoms with Gasteiger partial charge in [-0.1, -0.05) is 19.1 Å². The normalized spacial score (nSPS) is 17.5. The topological polar surface area (TPSA) is 179 Å². The van der Waals surface area contributed by atoms with Crippen molar-refractivity contribution >= 4 is 35.7 Å². The van der Waals surface area contributed by atoms with Gasteiger partial charge in [-0.15, -0.1) is 0 Å². The van der Waals surface area contributed by atoms with Crippen molar-refractivity contribution in [1.82, 2.24) is 9.80 Å². The minimum Gasteiger partial charge on any atom is -0.481 e. The lowest BCUT2D eigenvalue weighted by atomic mass is 10.1. The molecule has 31 heavy (non-hydrogen) atoms. The van der Waals surface area contributed by atoms with Crippen molar-refractivity contribution < 1.29 is 48.8 Å². The minimum absolute atomic E-state index is 0.0148. The number of carbonyl (C=O) groups excluding carboxylic acids is 3. The lowest BCUT2D eigenvalue weighted by molar-refractivity contribution is -0.158. The van der Waals surface area contributed by atoms with Gasteiger partial charge in [-0.3, -0.25) is 28.8 Å². The van der Waals surface area contributed by atoms with E-state index < -0.39 is 60.8 Å². The van der Waals surface area contributed by atoms with E-state index in [-0.39, 0.29) is 32.4 Å². The van der Waals surface area contributed by atoms with Crippen LogP contribution in [0, 0.1) is 0 Å². The molecule has 0 aliphatic carbocycles. The number of amides is 2. The SMILES string of the molecule is CCC(CC(=O)O)OC(=O)C/C=C/CC(=O)N1CCN(CC(=O)O)C(=O)[C@H]1CC(=O)O. The molecule has 1 aliphatic heterocycles. The van der Waals surface area contributed by atoms with Gasteiger partial charge in [0.25, 0.3) is 0 Å². The molecule has 1 fully saturated rings. The Kier molecular flexibility index (Phi) is 10.2. The van der Waals surface area contributed by atoms with Gasteiger partial charge < -0.3 is 29.9 Å². The molecule has 12 heteroatoms. The van der Waals surface area contributed by atoms with Crippen LogP contribution in [0.2, 0.25) is 0 Å². The Bertz CT molecular complexity index is 748. The number of rotatable bonds is 12. The molecule has 0 spiro atoms. The van der Waals surface area contributed by atoms with Gasteiger partial charge in [0, 0.05) is 19.5 Å². The quantitative estimate of drug-likeness (QED) is 0.269. The first kappa shape index (κ1) is 25.6. The zero-order valence-electron chi connectivity index (χ0n) is 17.1. The molecule has 1 heterocycles. The van der Waals surface area contributed by atoms with Gasteiger partial charge in [0.2, 0.25) is 11.8 Å². The van der Waals surface area contributed by atoms with Crippen LogP contribution in [0.25, 0.3) is 0 Å². The average Bonchev–Trinajstić information content (AvgIpc) is 2.66. The molecule has 172 valence electrons. The Hall–Kier alpha value is -3.44. The van der Waals surface area contributed by atoms with E-state index in [4.69, 9.17) is 20.1 Å². The summed E-state index contributed by atoms with van der Waals surface area (Å²) in [5, 5.41) is 26.6. The van der Waals surface area contributed by atoms with Crippen LogP contribution in [-0.2, 0) is 33.5 Å². The molecule has 0 aromatic rings. The lowest BCUT2D eigenvalue weighted by Crippen LogP contribution is -2.60. The van der Waals surface area contributed by atoms with Crippen LogP contribution in [0.4, 0.5) is 0 Å². The maximum atomic E-state index is 12.5. The zero-order valence-corrected chi connectivity index (χ0v) is 17.1. The van der Waals surface area contributed by atoms with Crippen LogP contribution in [0.15, 0.2) is 12.2 Å². The largest absolute Gasteiger partial charge is 0.481 e. The summed E-state index contributed by atoms with van der Waals surface area (Å²) in [6.45, 7) is 1.05. The molecule has 3 N–H and O–H groups in total. The van der Waals surface area contributed by atoms with Crippen LogP contribution >= 0.6 is 0 Å². The summed E-state index contributed by atoms with van der Waals surface area (Å²) in [5.74, 6) is -5.59. The van der Waals surface area contributed by atoms with E-state index in [1.807, 2.05) is 0 Å². The molecule has 12 nitrogen and oxygen atoms in total. The summed E-state index contributed by atoms with van der Waals surface area (Å²) in [4.78, 5) is 71.4. The fourth-order valence-electron chi connectivity index (χ4n) is 3.00. The van der Waals surface area contributed by atoms with Crippen molar-refractivity contribution in [3.8, 4) is 0 Å². The van der Waals surface area contributed by atoms with E-state index in [1.54, 1.807) is 6.92 Å². The first-order valence-electron chi connectivity index (χ1n) is 9.63. The molecule has 1 aliphatic rings. The second kappa shape index (κ2) is 12.3. The van der Waals surface area contributed by atoms with Gasteiger partial charge in [-0.25, -0.2) is 0 Å². The maximum absolute atomic E-state index is 12.5. The number of carboxylic acids is 3. The monoisotopic (exact) mass is 442 g/mol. The van der Waals surface area contributed by atoms with Crippen LogP contribution < -0.4 is 0 Å². The van der Waals surface area contributed by atoms with E-state index in [0.717, 1.165) is 9.80 Å². The Morgan fingerprint density at radius 3 is 2.23 bits per heavy atom. The molecule has 0 aromatic heterocycles. The third kappa shape index (κ3) is 8.84. The molecule has 0 bridgehead atoms. The number of hydrogen-bond acceptors (Lipinski definition) is 7. The first-order chi connectivity index (χ1) is 14.5.